The molecule has 0 radical (unpaired) electrons. The molecule has 0 aliphatic rings. The van der Waals surface area contributed by atoms with Gasteiger partial charge in [-0.25, -0.2) is 0 Å². The molecule has 0 saturated carbocycles. The van der Waals surface area contributed by atoms with Gasteiger partial charge in [0.15, 0.2) is 0 Å². The van der Waals surface area contributed by atoms with Gasteiger partial charge >= 0.3 is 5.97 Å². The Morgan fingerprint density at radius 3 is 2.13 bits per heavy atom. The largest absolute Gasteiger partial charge is 0.481 e. The lowest BCUT2D eigenvalue weighted by molar-refractivity contribution is -0.137. The van der Waals surface area contributed by atoms with Crippen LogP contribution >= 0.6 is 0 Å². The first-order chi connectivity index (χ1) is 7.16. The predicted octanol–water partition coefficient (Wildman–Crippen LogP) is 4.16. The molecule has 0 spiro atoms. The fourth-order valence-corrected chi connectivity index (χ4v) is 1.66. The molecule has 0 aromatic heterocycles. The standard InChI is InChI=1S/C13H24O2/c1-3-9-12(2)10-7-5-4-6-8-11-13(14)15/h9H,3-8,10-11H2,1-2H3,(H,14,15). The zero-order chi connectivity index (χ0) is 11.5. The molecule has 0 fully saturated rings. The van der Waals surface area contributed by atoms with Crippen molar-refractivity contribution < 1.29 is 9.90 Å². The minimum absolute atomic E-state index is 0.328. The molecule has 0 heterocycles. The molecule has 0 aromatic carbocycles. The van der Waals surface area contributed by atoms with E-state index < -0.39 is 5.97 Å². The first-order valence-electron chi connectivity index (χ1n) is 6.04. The predicted molar refractivity (Wildman–Crippen MR) is 64.0 cm³/mol. The lowest BCUT2D eigenvalue weighted by atomic mass is 10.1. The molecule has 15 heavy (non-hydrogen) atoms. The van der Waals surface area contributed by atoms with Crippen LogP contribution in [-0.2, 0) is 4.79 Å². The Morgan fingerprint density at radius 1 is 1.07 bits per heavy atom. The summed E-state index contributed by atoms with van der Waals surface area (Å²) in [5.41, 5.74) is 1.49. The molecule has 0 rings (SSSR count). The van der Waals surface area contributed by atoms with Crippen LogP contribution in [0.3, 0.4) is 0 Å². The number of aliphatic carboxylic acids is 1. The van der Waals surface area contributed by atoms with Gasteiger partial charge in [-0.1, -0.05) is 37.8 Å². The van der Waals surface area contributed by atoms with Gasteiger partial charge in [-0.3, -0.25) is 4.79 Å². The van der Waals surface area contributed by atoms with E-state index in [2.05, 4.69) is 19.9 Å². The van der Waals surface area contributed by atoms with Gasteiger partial charge in [-0.2, -0.15) is 0 Å². The molecule has 2 heteroatoms. The topological polar surface area (TPSA) is 37.3 Å². The van der Waals surface area contributed by atoms with E-state index in [0.717, 1.165) is 19.3 Å². The highest BCUT2D eigenvalue weighted by molar-refractivity contribution is 5.66. The fraction of sp³-hybridized carbons (Fsp3) is 0.769. The van der Waals surface area contributed by atoms with Gasteiger partial charge < -0.3 is 5.11 Å². The summed E-state index contributed by atoms with van der Waals surface area (Å²) >= 11 is 0. The van der Waals surface area contributed by atoms with Crippen molar-refractivity contribution in [3.05, 3.63) is 11.6 Å². The van der Waals surface area contributed by atoms with Gasteiger partial charge in [-0.15, -0.1) is 0 Å². The number of carbonyl (C=O) groups is 1. The van der Waals surface area contributed by atoms with Gasteiger partial charge in [0, 0.05) is 6.42 Å². The Hall–Kier alpha value is -0.790. The van der Waals surface area contributed by atoms with Crippen LogP contribution in [0.5, 0.6) is 0 Å². The quantitative estimate of drug-likeness (QED) is 0.460. The average Bonchev–Trinajstić information content (AvgIpc) is 2.16. The van der Waals surface area contributed by atoms with Crippen LogP contribution in [0.25, 0.3) is 0 Å². The highest BCUT2D eigenvalue weighted by Gasteiger charge is 1.96. The van der Waals surface area contributed by atoms with Gasteiger partial charge in [0.1, 0.15) is 0 Å². The maximum absolute atomic E-state index is 10.2. The van der Waals surface area contributed by atoms with Gasteiger partial charge in [0.05, 0.1) is 0 Å². The summed E-state index contributed by atoms with van der Waals surface area (Å²) in [6.07, 6.45) is 10.5. The van der Waals surface area contributed by atoms with E-state index in [1.165, 1.54) is 31.3 Å². The lowest BCUT2D eigenvalue weighted by Crippen LogP contribution is -1.93. The number of unbranched alkanes of at least 4 members (excludes halogenated alkanes) is 4. The lowest BCUT2D eigenvalue weighted by Gasteiger charge is -2.01. The van der Waals surface area contributed by atoms with Crippen LogP contribution < -0.4 is 0 Å². The molecule has 2 nitrogen and oxygen atoms in total. The van der Waals surface area contributed by atoms with Crippen LogP contribution in [0.15, 0.2) is 11.6 Å². The number of rotatable bonds is 9. The van der Waals surface area contributed by atoms with E-state index in [-0.39, 0.29) is 0 Å². The summed E-state index contributed by atoms with van der Waals surface area (Å²) < 4.78 is 0. The Morgan fingerprint density at radius 2 is 1.60 bits per heavy atom. The van der Waals surface area contributed by atoms with Gasteiger partial charge in [0.25, 0.3) is 0 Å². The van der Waals surface area contributed by atoms with Crippen molar-refractivity contribution in [1.29, 1.82) is 0 Å². The molecule has 0 amide bonds. The number of hydrogen-bond donors (Lipinski definition) is 1. The highest BCUT2D eigenvalue weighted by Crippen LogP contribution is 2.11. The van der Waals surface area contributed by atoms with Crippen molar-refractivity contribution in [1.82, 2.24) is 0 Å². The highest BCUT2D eigenvalue weighted by atomic mass is 16.4. The summed E-state index contributed by atoms with van der Waals surface area (Å²) in [4.78, 5) is 10.2. The van der Waals surface area contributed by atoms with Crippen LogP contribution in [0.2, 0.25) is 0 Å². The van der Waals surface area contributed by atoms with E-state index in [4.69, 9.17) is 5.11 Å². The zero-order valence-corrected chi connectivity index (χ0v) is 10.1. The third-order valence-electron chi connectivity index (χ3n) is 2.51. The Balaban J connectivity index is 3.18. The molecular formula is C13H24O2. The second kappa shape index (κ2) is 9.75. The molecule has 0 saturated heterocycles. The number of hydrogen-bond acceptors (Lipinski definition) is 1. The van der Waals surface area contributed by atoms with Crippen molar-refractivity contribution >= 4 is 5.97 Å². The molecule has 88 valence electrons. The fourth-order valence-electron chi connectivity index (χ4n) is 1.66. The van der Waals surface area contributed by atoms with Crippen LogP contribution in [0.1, 0.15) is 65.2 Å². The van der Waals surface area contributed by atoms with Gasteiger partial charge in [-0.05, 0) is 32.6 Å². The third kappa shape index (κ3) is 11.1. The molecule has 0 aliphatic carbocycles. The first-order valence-corrected chi connectivity index (χ1v) is 6.04. The van der Waals surface area contributed by atoms with Crippen molar-refractivity contribution in [2.75, 3.05) is 0 Å². The smallest absolute Gasteiger partial charge is 0.303 e. The van der Waals surface area contributed by atoms with E-state index in [1.807, 2.05) is 0 Å². The Labute approximate surface area is 93.4 Å². The Bertz CT molecular complexity index is 195. The number of carboxylic acid groups (broad SMARTS) is 1. The Kier molecular flexibility index (Phi) is 9.24. The van der Waals surface area contributed by atoms with Crippen molar-refractivity contribution in [2.45, 2.75) is 65.2 Å². The molecule has 1 N–H and O–H groups in total. The minimum atomic E-state index is -0.670. The van der Waals surface area contributed by atoms with E-state index in [0.29, 0.717) is 6.42 Å². The zero-order valence-electron chi connectivity index (χ0n) is 10.1. The summed E-state index contributed by atoms with van der Waals surface area (Å²) in [6.45, 7) is 4.35. The van der Waals surface area contributed by atoms with Crippen molar-refractivity contribution in [2.24, 2.45) is 0 Å². The number of allylic oxidation sites excluding steroid dienone is 2. The van der Waals surface area contributed by atoms with Crippen molar-refractivity contribution in [3.63, 3.8) is 0 Å². The first kappa shape index (κ1) is 14.2. The molecule has 0 bridgehead atoms. The van der Waals surface area contributed by atoms with E-state index >= 15 is 0 Å². The minimum Gasteiger partial charge on any atom is -0.481 e. The maximum Gasteiger partial charge on any atom is 0.303 e. The average molecular weight is 212 g/mol. The molecule has 0 unspecified atom stereocenters. The van der Waals surface area contributed by atoms with Crippen LogP contribution in [0.4, 0.5) is 0 Å². The van der Waals surface area contributed by atoms with E-state index in [1.54, 1.807) is 0 Å². The number of carboxylic acids is 1. The summed E-state index contributed by atoms with van der Waals surface area (Å²) in [5.74, 6) is -0.670. The van der Waals surface area contributed by atoms with Crippen LogP contribution in [-0.4, -0.2) is 11.1 Å². The third-order valence-corrected chi connectivity index (χ3v) is 2.51. The summed E-state index contributed by atoms with van der Waals surface area (Å²) in [6, 6.07) is 0. The second-order valence-corrected chi connectivity index (χ2v) is 4.12. The SMILES string of the molecule is CCC=C(C)CCCCCCCC(=O)O. The maximum atomic E-state index is 10.2. The molecule has 0 aromatic rings. The second-order valence-electron chi connectivity index (χ2n) is 4.12. The molecule has 0 atom stereocenters. The monoisotopic (exact) mass is 212 g/mol. The van der Waals surface area contributed by atoms with Gasteiger partial charge in [0.2, 0.25) is 0 Å². The molecule has 0 aliphatic heterocycles. The summed E-state index contributed by atoms with van der Waals surface area (Å²) in [7, 11) is 0. The summed E-state index contributed by atoms with van der Waals surface area (Å²) in [5, 5.41) is 8.44. The van der Waals surface area contributed by atoms with Crippen LogP contribution in [0, 0.1) is 0 Å². The van der Waals surface area contributed by atoms with Crippen molar-refractivity contribution in [3.8, 4) is 0 Å². The molecular weight excluding hydrogens is 188 g/mol. The normalized spacial score (nSPS) is 11.7. The van der Waals surface area contributed by atoms with E-state index in [9.17, 15) is 4.79 Å².